The minimum atomic E-state index is 0.0641. The monoisotopic (exact) mass is 224 g/mol. The van der Waals surface area contributed by atoms with Gasteiger partial charge in [0, 0.05) is 0 Å². The van der Waals surface area contributed by atoms with E-state index in [1.807, 2.05) is 13.8 Å². The summed E-state index contributed by atoms with van der Waals surface area (Å²) in [5.74, 6) is 2.63. The van der Waals surface area contributed by atoms with Crippen LogP contribution in [0.5, 0.6) is 0 Å². The van der Waals surface area contributed by atoms with Crippen molar-refractivity contribution in [2.24, 2.45) is 11.8 Å². The molecular weight excluding hydrogens is 206 g/mol. The van der Waals surface area contributed by atoms with Gasteiger partial charge in [-0.3, -0.25) is 0 Å². The second kappa shape index (κ2) is 4.95. The number of hydrogen-bond donors (Lipinski definition) is 0. The van der Waals surface area contributed by atoms with Crippen molar-refractivity contribution in [3.8, 4) is 0 Å². The summed E-state index contributed by atoms with van der Waals surface area (Å²) >= 11 is 0.322. The Morgan fingerprint density at radius 2 is 1.55 bits per heavy atom. The Balaban J connectivity index is 4.54. The Morgan fingerprint density at radius 3 is 1.64 bits per heavy atom. The van der Waals surface area contributed by atoms with Crippen LogP contribution in [0.1, 0.15) is 27.7 Å². The first-order valence-corrected chi connectivity index (χ1v) is 6.51. The Labute approximate surface area is 75.4 Å². The molecule has 66 valence electrons. The van der Waals surface area contributed by atoms with Crippen molar-refractivity contribution in [1.29, 1.82) is 0 Å². The molecule has 0 rings (SSSR count). The van der Waals surface area contributed by atoms with Crippen LogP contribution >= 0.6 is 0 Å². The number of allylic oxidation sites excluding steroid dienone is 2. The molecule has 0 amide bonds. The average molecular weight is 223 g/mol. The predicted octanol–water partition coefficient (Wildman–Crippen LogP) is 3.23. The molecule has 0 fully saturated rings. The van der Waals surface area contributed by atoms with Crippen molar-refractivity contribution in [1.82, 2.24) is 0 Å². The van der Waals surface area contributed by atoms with E-state index in [0.717, 1.165) is 4.47 Å². The number of rotatable bonds is 3. The van der Waals surface area contributed by atoms with Crippen LogP contribution in [-0.2, 0) is 0 Å². The second-order valence-electron chi connectivity index (χ2n) is 3.23. The van der Waals surface area contributed by atoms with Crippen LogP contribution in [0.4, 0.5) is 4.39 Å². The molecule has 0 aromatic rings. The Kier molecular flexibility index (Phi) is 5.03. The molecule has 0 aliphatic rings. The van der Waals surface area contributed by atoms with Gasteiger partial charge in [0.2, 0.25) is 0 Å². The van der Waals surface area contributed by atoms with E-state index in [9.17, 15) is 4.39 Å². The Hall–Kier alpha value is 0.189. The molecule has 0 heterocycles. The van der Waals surface area contributed by atoms with Crippen LogP contribution in [-0.4, -0.2) is 15.0 Å². The van der Waals surface area contributed by atoms with Crippen LogP contribution < -0.4 is 0 Å². The first-order valence-electron chi connectivity index (χ1n) is 3.94. The summed E-state index contributed by atoms with van der Waals surface area (Å²) in [6.07, 6.45) is 0. The van der Waals surface area contributed by atoms with E-state index in [1.54, 1.807) is 0 Å². The van der Waals surface area contributed by atoms with Crippen molar-refractivity contribution < 1.29 is 4.39 Å². The molecule has 0 spiro atoms. The van der Waals surface area contributed by atoms with Gasteiger partial charge in [0.1, 0.15) is 0 Å². The summed E-state index contributed by atoms with van der Waals surface area (Å²) in [4.78, 5) is 0. The van der Waals surface area contributed by atoms with E-state index in [1.165, 1.54) is 0 Å². The first kappa shape index (κ1) is 11.2. The summed E-state index contributed by atoms with van der Waals surface area (Å²) < 4.78 is 14.4. The molecule has 0 N–H and O–H groups in total. The van der Waals surface area contributed by atoms with Gasteiger partial charge in [-0.2, -0.15) is 0 Å². The molecular formula is C9H17FSe. The van der Waals surface area contributed by atoms with Crippen molar-refractivity contribution in [2.45, 2.75) is 33.5 Å². The van der Waals surface area contributed by atoms with E-state index in [4.69, 9.17) is 0 Å². The molecule has 0 aromatic heterocycles. The van der Waals surface area contributed by atoms with Gasteiger partial charge in [0.25, 0.3) is 0 Å². The molecule has 0 saturated heterocycles. The van der Waals surface area contributed by atoms with E-state index >= 15 is 0 Å². The predicted molar refractivity (Wildman–Crippen MR) is 49.4 cm³/mol. The van der Waals surface area contributed by atoms with Crippen LogP contribution in [0, 0.1) is 11.8 Å². The molecule has 0 aliphatic heterocycles. The third-order valence-corrected chi connectivity index (χ3v) is 3.81. The summed E-state index contributed by atoms with van der Waals surface area (Å²) in [5.41, 5.74) is 0. The summed E-state index contributed by atoms with van der Waals surface area (Å²) in [6.45, 7) is 7.93. The summed E-state index contributed by atoms with van der Waals surface area (Å²) in [7, 11) is 0. The zero-order chi connectivity index (χ0) is 9.02. The topological polar surface area (TPSA) is 0 Å². The molecule has 0 radical (unpaired) electrons. The van der Waals surface area contributed by atoms with Gasteiger partial charge in [-0.15, -0.1) is 0 Å². The van der Waals surface area contributed by atoms with E-state index in [0.29, 0.717) is 20.9 Å². The number of hydrogen-bond acceptors (Lipinski definition) is 0. The molecule has 0 aromatic carbocycles. The van der Waals surface area contributed by atoms with Gasteiger partial charge in [-0.05, 0) is 0 Å². The third kappa shape index (κ3) is 3.39. The second-order valence-corrected chi connectivity index (χ2v) is 5.01. The van der Waals surface area contributed by atoms with Crippen molar-refractivity contribution in [3.05, 3.63) is 10.3 Å². The molecule has 2 heteroatoms. The van der Waals surface area contributed by atoms with Gasteiger partial charge < -0.3 is 0 Å². The standard InChI is InChI=1S/C9H17FSe/c1-6(2)8(10)9(11-5)7(3)4/h6-7H,1-5H3/b9-8+. The fourth-order valence-electron chi connectivity index (χ4n) is 0.893. The zero-order valence-electron chi connectivity index (χ0n) is 7.94. The van der Waals surface area contributed by atoms with Crippen LogP contribution in [0.3, 0.4) is 0 Å². The molecule has 0 bridgehead atoms. The van der Waals surface area contributed by atoms with Crippen LogP contribution in [0.15, 0.2) is 10.3 Å². The van der Waals surface area contributed by atoms with Gasteiger partial charge >= 0.3 is 75.0 Å². The average Bonchev–Trinajstić information content (AvgIpc) is 1.88. The minimum absolute atomic E-state index is 0.0641. The Morgan fingerprint density at radius 1 is 1.09 bits per heavy atom. The van der Waals surface area contributed by atoms with Gasteiger partial charge in [-0.25, -0.2) is 0 Å². The van der Waals surface area contributed by atoms with E-state index < -0.39 is 0 Å². The molecule has 0 atom stereocenters. The fraction of sp³-hybridized carbons (Fsp3) is 0.778. The van der Waals surface area contributed by atoms with E-state index in [-0.39, 0.29) is 11.7 Å². The van der Waals surface area contributed by atoms with Gasteiger partial charge in [0.05, 0.1) is 0 Å². The maximum atomic E-state index is 13.3. The molecule has 11 heavy (non-hydrogen) atoms. The Bertz CT molecular complexity index is 148. The zero-order valence-corrected chi connectivity index (χ0v) is 9.65. The molecule has 0 aliphatic carbocycles. The fourth-order valence-corrected chi connectivity index (χ4v) is 2.79. The number of halogens is 1. The van der Waals surface area contributed by atoms with Crippen molar-refractivity contribution in [2.75, 3.05) is 0 Å². The maximum absolute atomic E-state index is 13.3. The molecule has 0 saturated carbocycles. The van der Waals surface area contributed by atoms with Crippen molar-refractivity contribution in [3.63, 3.8) is 0 Å². The molecule has 0 nitrogen and oxygen atoms in total. The molecule has 0 unspecified atom stereocenters. The van der Waals surface area contributed by atoms with Gasteiger partial charge in [-0.1, -0.05) is 0 Å². The quantitative estimate of drug-likeness (QED) is 0.644. The normalized spacial score (nSPS) is 14.2. The van der Waals surface area contributed by atoms with Crippen LogP contribution in [0.25, 0.3) is 0 Å². The van der Waals surface area contributed by atoms with Crippen molar-refractivity contribution >= 4 is 15.0 Å². The summed E-state index contributed by atoms with van der Waals surface area (Å²) in [6, 6.07) is 0. The van der Waals surface area contributed by atoms with Gasteiger partial charge in [0.15, 0.2) is 0 Å². The summed E-state index contributed by atoms with van der Waals surface area (Å²) in [5, 5.41) is 0. The first-order chi connectivity index (χ1) is 5.00. The van der Waals surface area contributed by atoms with E-state index in [2.05, 4.69) is 19.7 Å². The SMILES string of the molecule is C[Se]/C(=C(/F)C(C)C)C(C)C. The van der Waals surface area contributed by atoms with Crippen LogP contribution in [0.2, 0.25) is 5.82 Å². The third-order valence-electron chi connectivity index (χ3n) is 1.49.